The summed E-state index contributed by atoms with van der Waals surface area (Å²) in [4.78, 5) is 25.9. The predicted octanol–water partition coefficient (Wildman–Crippen LogP) is 8.28. The fourth-order valence-corrected chi connectivity index (χ4v) is 4.18. The zero-order chi connectivity index (χ0) is 29.9. The van der Waals surface area contributed by atoms with Crippen LogP contribution < -0.4 is 0 Å². The molecule has 6 rings (SSSR count). The van der Waals surface area contributed by atoms with Crippen molar-refractivity contribution in [2.24, 2.45) is 0 Å². The van der Waals surface area contributed by atoms with Gasteiger partial charge in [0.1, 0.15) is 0 Å². The first kappa shape index (κ1) is 33.0. The molecule has 0 bridgehead atoms. The second-order valence-electron chi connectivity index (χ2n) is 9.95. The third kappa shape index (κ3) is 8.76. The Morgan fingerprint density at radius 2 is 0.605 bits per heavy atom. The summed E-state index contributed by atoms with van der Waals surface area (Å²) in [5.41, 5.74) is 13.1. The van der Waals surface area contributed by atoms with Gasteiger partial charge in [-0.05, 0) is 130 Å². The van der Waals surface area contributed by atoms with Crippen molar-refractivity contribution in [3.8, 4) is 34.2 Å². The average molecular weight is 654 g/mol. The van der Waals surface area contributed by atoms with E-state index >= 15 is 0 Å². The van der Waals surface area contributed by atoms with Gasteiger partial charge in [0.25, 0.3) is 0 Å². The second kappa shape index (κ2) is 16.2. The summed E-state index contributed by atoms with van der Waals surface area (Å²) in [5.74, 6) is 0. The van der Waals surface area contributed by atoms with E-state index in [4.69, 9.17) is 0 Å². The summed E-state index contributed by atoms with van der Waals surface area (Å²) in [7, 11) is 0. The van der Waals surface area contributed by atoms with E-state index in [1.807, 2.05) is 91.4 Å². The van der Waals surface area contributed by atoms with Crippen LogP contribution in [0.1, 0.15) is 33.4 Å². The van der Waals surface area contributed by atoms with Crippen molar-refractivity contribution < 1.29 is 19.5 Å². The Kier molecular flexibility index (Phi) is 12.5. The smallest absolute Gasteiger partial charge is 0.255 e. The summed E-state index contributed by atoms with van der Waals surface area (Å²) in [5, 5.41) is 0. The van der Waals surface area contributed by atoms with Gasteiger partial charge in [-0.25, -0.2) is 0 Å². The Bertz CT molecular complexity index is 1520. The molecule has 0 fully saturated rings. The van der Waals surface area contributed by atoms with E-state index in [2.05, 4.69) is 71.4 Å². The molecule has 0 atom stereocenters. The van der Waals surface area contributed by atoms with Gasteiger partial charge in [0.05, 0.1) is 34.2 Å². The van der Waals surface area contributed by atoms with Crippen molar-refractivity contribution in [2.45, 2.75) is 41.5 Å². The Hall–Kier alpha value is -4.48. The fraction of sp³-hybridized carbons (Fsp3) is 0.167. The average Bonchev–Trinajstić information content (AvgIpc) is 3.03. The van der Waals surface area contributed by atoms with Crippen LogP contribution in [0.15, 0.2) is 110 Å². The van der Waals surface area contributed by atoms with Crippen LogP contribution in [0.4, 0.5) is 0 Å². The molecule has 6 aromatic heterocycles. The first-order chi connectivity index (χ1) is 20.4. The molecule has 6 aromatic rings. The number of hydrogen-bond donors (Lipinski definition) is 0. The first-order valence-electron chi connectivity index (χ1n) is 13.9. The van der Waals surface area contributed by atoms with Gasteiger partial charge in [0.15, 0.2) is 0 Å². The number of nitrogens with zero attached hydrogens (tertiary/aromatic N) is 6. The zero-order valence-corrected chi connectivity index (χ0v) is 27.2. The van der Waals surface area contributed by atoms with Gasteiger partial charge in [0.2, 0.25) is 0 Å². The van der Waals surface area contributed by atoms with Crippen molar-refractivity contribution in [3.05, 3.63) is 143 Å². The summed E-state index contributed by atoms with van der Waals surface area (Å²) in [6.45, 7) is 12.5. The van der Waals surface area contributed by atoms with Crippen LogP contribution >= 0.6 is 0 Å². The van der Waals surface area contributed by atoms with E-state index in [1.54, 1.807) is 18.6 Å². The van der Waals surface area contributed by atoms with Gasteiger partial charge >= 0.3 is 19.5 Å². The van der Waals surface area contributed by atoms with Crippen molar-refractivity contribution in [3.63, 3.8) is 0 Å². The molecular formula is C36H36N6Ru+2. The molecule has 0 aliphatic carbocycles. The minimum Gasteiger partial charge on any atom is -0.255 e. The van der Waals surface area contributed by atoms with E-state index in [-0.39, 0.29) is 19.5 Å². The Balaban J connectivity index is 0.000000175. The predicted molar refractivity (Wildman–Crippen MR) is 171 cm³/mol. The summed E-state index contributed by atoms with van der Waals surface area (Å²) >= 11 is 0. The van der Waals surface area contributed by atoms with Gasteiger partial charge in [-0.3, -0.25) is 29.9 Å². The van der Waals surface area contributed by atoms with E-state index < -0.39 is 0 Å². The number of rotatable bonds is 3. The standard InChI is InChI=1S/3C12H12N2.Ru/c3*1-9-6-8-14-12(10(9)2)11-5-3-4-7-13-11;/h3*3-8H,1-2H3;/q;;;+2. The molecule has 0 saturated carbocycles. The van der Waals surface area contributed by atoms with Gasteiger partial charge in [0, 0.05) is 37.2 Å². The van der Waals surface area contributed by atoms with Gasteiger partial charge in [-0.15, -0.1) is 0 Å². The molecule has 0 aliphatic rings. The summed E-state index contributed by atoms with van der Waals surface area (Å²) < 4.78 is 0. The largest absolute Gasteiger partial charge is 2.00 e. The molecule has 0 N–H and O–H groups in total. The number of aryl methyl sites for hydroxylation is 3. The van der Waals surface area contributed by atoms with Crippen molar-refractivity contribution in [1.82, 2.24) is 29.9 Å². The number of aromatic nitrogens is 6. The van der Waals surface area contributed by atoms with Gasteiger partial charge in [-0.1, -0.05) is 18.2 Å². The molecule has 216 valence electrons. The van der Waals surface area contributed by atoms with E-state index in [9.17, 15) is 0 Å². The molecule has 0 saturated heterocycles. The Morgan fingerprint density at radius 3 is 0.837 bits per heavy atom. The maximum Gasteiger partial charge on any atom is 2.00 e. The molecular weight excluding hydrogens is 618 g/mol. The molecule has 0 amide bonds. The third-order valence-corrected chi connectivity index (χ3v) is 7.15. The van der Waals surface area contributed by atoms with E-state index in [0.29, 0.717) is 0 Å². The van der Waals surface area contributed by atoms with E-state index in [0.717, 1.165) is 34.2 Å². The molecule has 6 nitrogen and oxygen atoms in total. The molecule has 6 heterocycles. The second-order valence-corrected chi connectivity index (χ2v) is 9.95. The van der Waals surface area contributed by atoms with Crippen LogP contribution in [0.25, 0.3) is 34.2 Å². The van der Waals surface area contributed by atoms with Crippen molar-refractivity contribution in [1.29, 1.82) is 0 Å². The number of pyridine rings is 6. The fourth-order valence-electron chi connectivity index (χ4n) is 4.18. The zero-order valence-electron chi connectivity index (χ0n) is 25.4. The maximum atomic E-state index is 4.35. The molecule has 43 heavy (non-hydrogen) atoms. The molecule has 0 unspecified atom stereocenters. The third-order valence-electron chi connectivity index (χ3n) is 7.15. The molecule has 0 aromatic carbocycles. The quantitative estimate of drug-likeness (QED) is 0.179. The minimum absolute atomic E-state index is 0. The van der Waals surface area contributed by atoms with Crippen LogP contribution in [0, 0.1) is 41.5 Å². The summed E-state index contributed by atoms with van der Waals surface area (Å²) in [6.07, 6.45) is 10.8. The normalized spacial score (nSPS) is 9.91. The van der Waals surface area contributed by atoms with Crippen LogP contribution in [0.3, 0.4) is 0 Å². The number of hydrogen-bond acceptors (Lipinski definition) is 6. The Labute approximate surface area is 267 Å². The molecule has 7 heteroatoms. The summed E-state index contributed by atoms with van der Waals surface area (Å²) in [6, 6.07) is 23.7. The van der Waals surface area contributed by atoms with Crippen LogP contribution in [0.5, 0.6) is 0 Å². The molecule has 0 radical (unpaired) electrons. The van der Waals surface area contributed by atoms with E-state index in [1.165, 1.54) is 33.4 Å². The molecule has 0 aliphatic heterocycles. The van der Waals surface area contributed by atoms with Gasteiger partial charge < -0.3 is 0 Å². The topological polar surface area (TPSA) is 77.3 Å². The monoisotopic (exact) mass is 654 g/mol. The SMILES string of the molecule is Cc1ccnc(-c2ccccn2)c1C.Cc1ccnc(-c2ccccn2)c1C.Cc1ccnc(-c2ccccn2)c1C.[Ru+2]. The van der Waals surface area contributed by atoms with Crippen molar-refractivity contribution in [2.75, 3.05) is 0 Å². The maximum absolute atomic E-state index is 4.35. The first-order valence-corrected chi connectivity index (χ1v) is 13.9. The Morgan fingerprint density at radius 1 is 0.326 bits per heavy atom. The minimum atomic E-state index is 0. The van der Waals surface area contributed by atoms with Gasteiger partial charge in [-0.2, -0.15) is 0 Å². The van der Waals surface area contributed by atoms with Crippen LogP contribution in [0.2, 0.25) is 0 Å². The van der Waals surface area contributed by atoms with Crippen LogP contribution in [-0.4, -0.2) is 29.9 Å². The molecule has 0 spiro atoms. The van der Waals surface area contributed by atoms with Crippen molar-refractivity contribution >= 4 is 0 Å². The van der Waals surface area contributed by atoms with Crippen LogP contribution in [-0.2, 0) is 19.5 Å².